The lowest BCUT2D eigenvalue weighted by Gasteiger charge is -2.15. The highest BCUT2D eigenvalue weighted by Gasteiger charge is 2.20. The zero-order chi connectivity index (χ0) is 22.4. The molecular weight excluding hydrogens is 485 g/mol. The maximum atomic E-state index is 13.9. The van der Waals surface area contributed by atoms with E-state index in [-0.39, 0.29) is 29.3 Å². The van der Waals surface area contributed by atoms with Crippen molar-refractivity contribution in [1.29, 1.82) is 0 Å². The van der Waals surface area contributed by atoms with Gasteiger partial charge in [0.2, 0.25) is 5.91 Å². The highest BCUT2D eigenvalue weighted by Crippen LogP contribution is 2.23. The summed E-state index contributed by atoms with van der Waals surface area (Å²) in [6.07, 6.45) is 0. The van der Waals surface area contributed by atoms with E-state index in [4.69, 9.17) is 0 Å². The van der Waals surface area contributed by atoms with Gasteiger partial charge < -0.3 is 15.2 Å². The second-order valence-corrected chi connectivity index (χ2v) is 8.47. The maximum Gasteiger partial charge on any atom is 0.251 e. The first kappa shape index (κ1) is 23.0. The molecule has 1 aromatic heterocycles. The highest BCUT2D eigenvalue weighted by atomic mass is 79.9. The number of halogens is 2. The third-order valence-electron chi connectivity index (χ3n) is 4.37. The van der Waals surface area contributed by atoms with Gasteiger partial charge in [0, 0.05) is 16.6 Å². The first-order chi connectivity index (χ1) is 14.9. The van der Waals surface area contributed by atoms with Gasteiger partial charge in [-0.1, -0.05) is 45.9 Å². The van der Waals surface area contributed by atoms with Crippen LogP contribution >= 0.6 is 27.7 Å². The van der Waals surface area contributed by atoms with E-state index in [0.29, 0.717) is 27.6 Å². The molecule has 7 nitrogen and oxygen atoms in total. The van der Waals surface area contributed by atoms with Crippen LogP contribution in [0.15, 0.2) is 58.2 Å². The predicted molar refractivity (Wildman–Crippen MR) is 121 cm³/mol. The fourth-order valence-electron chi connectivity index (χ4n) is 2.87. The lowest BCUT2D eigenvalue weighted by atomic mass is 10.2. The lowest BCUT2D eigenvalue weighted by molar-refractivity contribution is -0.113. The van der Waals surface area contributed by atoms with Crippen molar-refractivity contribution in [3.63, 3.8) is 0 Å². The number of hydrogen-bond acceptors (Lipinski definition) is 5. The highest BCUT2D eigenvalue weighted by molar-refractivity contribution is 9.10. The number of aromatic nitrogens is 3. The van der Waals surface area contributed by atoms with Gasteiger partial charge in [-0.2, -0.15) is 0 Å². The molecule has 0 aliphatic rings. The number of carbonyl (C=O) groups excluding carboxylic acids is 2. The van der Waals surface area contributed by atoms with Crippen LogP contribution in [0.2, 0.25) is 0 Å². The Balaban J connectivity index is 1.62. The SMILES string of the molecule is CCn1c(SCC(=O)Nc2ccc(Br)cc2F)nnc1[C@@H](C)NC(=O)c1ccccc1. The number of thioether (sulfide) groups is 1. The molecule has 0 saturated heterocycles. The van der Waals surface area contributed by atoms with E-state index in [0.717, 1.165) is 0 Å². The van der Waals surface area contributed by atoms with Crippen molar-refractivity contribution < 1.29 is 14.0 Å². The lowest BCUT2D eigenvalue weighted by Crippen LogP contribution is -2.28. The van der Waals surface area contributed by atoms with E-state index in [9.17, 15) is 14.0 Å². The largest absolute Gasteiger partial charge is 0.342 e. The van der Waals surface area contributed by atoms with Gasteiger partial charge in [-0.15, -0.1) is 10.2 Å². The average molecular weight is 506 g/mol. The molecule has 162 valence electrons. The van der Waals surface area contributed by atoms with Crippen molar-refractivity contribution >= 4 is 45.2 Å². The summed E-state index contributed by atoms with van der Waals surface area (Å²) in [7, 11) is 0. The Hall–Kier alpha value is -2.72. The number of amides is 2. The molecule has 0 saturated carbocycles. The summed E-state index contributed by atoms with van der Waals surface area (Å²) in [6, 6.07) is 13.0. The number of rotatable bonds is 8. The van der Waals surface area contributed by atoms with Crippen LogP contribution in [-0.2, 0) is 11.3 Å². The van der Waals surface area contributed by atoms with Crippen LogP contribution in [-0.4, -0.2) is 32.3 Å². The first-order valence-electron chi connectivity index (χ1n) is 9.55. The third kappa shape index (κ3) is 5.92. The van der Waals surface area contributed by atoms with Crippen molar-refractivity contribution in [2.24, 2.45) is 0 Å². The normalized spacial score (nSPS) is 11.7. The molecule has 1 heterocycles. The molecular formula is C21H21BrFN5O2S. The fraction of sp³-hybridized carbons (Fsp3) is 0.238. The van der Waals surface area contributed by atoms with Gasteiger partial charge in [0.1, 0.15) is 5.82 Å². The molecule has 3 rings (SSSR count). The van der Waals surface area contributed by atoms with Gasteiger partial charge in [0.15, 0.2) is 11.0 Å². The molecule has 10 heteroatoms. The minimum absolute atomic E-state index is 0.0401. The van der Waals surface area contributed by atoms with Gasteiger partial charge >= 0.3 is 0 Å². The number of benzene rings is 2. The van der Waals surface area contributed by atoms with Crippen molar-refractivity contribution in [2.75, 3.05) is 11.1 Å². The molecule has 0 spiro atoms. The van der Waals surface area contributed by atoms with Crippen LogP contribution in [0, 0.1) is 5.82 Å². The monoisotopic (exact) mass is 505 g/mol. The minimum atomic E-state index is -0.519. The number of nitrogens with zero attached hydrogens (tertiary/aromatic N) is 3. The van der Waals surface area contributed by atoms with E-state index in [2.05, 4.69) is 36.8 Å². The summed E-state index contributed by atoms with van der Waals surface area (Å²) < 4.78 is 16.3. The van der Waals surface area contributed by atoms with Crippen LogP contribution < -0.4 is 10.6 Å². The second-order valence-electron chi connectivity index (χ2n) is 6.61. The van der Waals surface area contributed by atoms with E-state index >= 15 is 0 Å². The topological polar surface area (TPSA) is 88.9 Å². The Kier molecular flexibility index (Phi) is 7.80. The molecule has 2 aromatic carbocycles. The molecule has 1 atom stereocenters. The van der Waals surface area contributed by atoms with Crippen LogP contribution in [0.5, 0.6) is 0 Å². The molecule has 2 N–H and O–H groups in total. The molecule has 2 amide bonds. The minimum Gasteiger partial charge on any atom is -0.342 e. The van der Waals surface area contributed by atoms with E-state index in [1.54, 1.807) is 30.3 Å². The Morgan fingerprint density at radius 3 is 2.61 bits per heavy atom. The number of carbonyl (C=O) groups is 2. The molecule has 0 bridgehead atoms. The zero-order valence-electron chi connectivity index (χ0n) is 16.9. The van der Waals surface area contributed by atoms with Crippen LogP contribution in [0.25, 0.3) is 0 Å². The summed E-state index contributed by atoms with van der Waals surface area (Å²) in [5, 5.41) is 14.4. The van der Waals surface area contributed by atoms with Crippen molar-refractivity contribution in [2.45, 2.75) is 31.6 Å². The summed E-state index contributed by atoms with van der Waals surface area (Å²) in [5.74, 6) is -0.450. The van der Waals surface area contributed by atoms with Crippen molar-refractivity contribution in [1.82, 2.24) is 20.1 Å². The maximum absolute atomic E-state index is 13.9. The van der Waals surface area contributed by atoms with E-state index < -0.39 is 5.82 Å². The quantitative estimate of drug-likeness (QED) is 0.442. The van der Waals surface area contributed by atoms with Crippen LogP contribution in [0.1, 0.15) is 36.1 Å². The second kappa shape index (κ2) is 10.5. The Bertz CT molecular complexity index is 1080. The Morgan fingerprint density at radius 1 is 1.19 bits per heavy atom. The number of hydrogen-bond donors (Lipinski definition) is 2. The molecule has 31 heavy (non-hydrogen) atoms. The van der Waals surface area contributed by atoms with Crippen molar-refractivity contribution in [3.05, 3.63) is 70.2 Å². The van der Waals surface area contributed by atoms with E-state index in [1.165, 1.54) is 23.9 Å². The average Bonchev–Trinajstić information content (AvgIpc) is 3.18. The number of nitrogens with one attached hydrogen (secondary N) is 2. The van der Waals surface area contributed by atoms with Gasteiger partial charge in [-0.25, -0.2) is 4.39 Å². The standard InChI is InChI=1S/C21H21BrFN5O2S/c1-3-28-19(13(2)24-20(30)14-7-5-4-6-8-14)26-27-21(28)31-12-18(29)25-17-10-9-15(22)11-16(17)23/h4-11,13H,3,12H2,1-2H3,(H,24,30)(H,25,29)/t13-/m1/s1. The first-order valence-corrected chi connectivity index (χ1v) is 11.3. The van der Waals surface area contributed by atoms with Crippen molar-refractivity contribution in [3.8, 4) is 0 Å². The zero-order valence-corrected chi connectivity index (χ0v) is 19.3. The Labute approximate surface area is 192 Å². The number of anilines is 1. The predicted octanol–water partition coefficient (Wildman–Crippen LogP) is 4.42. The van der Waals surface area contributed by atoms with Gasteiger partial charge in [0.25, 0.3) is 5.91 Å². The van der Waals surface area contributed by atoms with Gasteiger partial charge in [-0.05, 0) is 44.2 Å². The van der Waals surface area contributed by atoms with E-state index in [1.807, 2.05) is 24.5 Å². The summed E-state index contributed by atoms with van der Waals surface area (Å²) >= 11 is 4.38. The van der Waals surface area contributed by atoms with Gasteiger partial charge in [0.05, 0.1) is 17.5 Å². The third-order valence-corrected chi connectivity index (χ3v) is 5.83. The molecule has 0 aliphatic carbocycles. The smallest absolute Gasteiger partial charge is 0.251 e. The van der Waals surface area contributed by atoms with Crippen LogP contribution in [0.3, 0.4) is 0 Å². The molecule has 0 unspecified atom stereocenters. The molecule has 0 fully saturated rings. The van der Waals surface area contributed by atoms with Crippen LogP contribution in [0.4, 0.5) is 10.1 Å². The fourth-order valence-corrected chi connectivity index (χ4v) is 4.01. The molecule has 3 aromatic rings. The summed E-state index contributed by atoms with van der Waals surface area (Å²) in [6.45, 7) is 4.33. The molecule has 0 radical (unpaired) electrons. The molecule has 0 aliphatic heterocycles. The summed E-state index contributed by atoms with van der Waals surface area (Å²) in [5.41, 5.74) is 0.673. The summed E-state index contributed by atoms with van der Waals surface area (Å²) in [4.78, 5) is 24.7. The Morgan fingerprint density at radius 2 is 1.94 bits per heavy atom. The van der Waals surface area contributed by atoms with Gasteiger partial charge in [-0.3, -0.25) is 9.59 Å².